The first-order valence-electron chi connectivity index (χ1n) is 4.47. The number of para-hydroxylation sites is 1. The average Bonchev–Trinajstić information content (AvgIpc) is 2.70. The van der Waals surface area contributed by atoms with Crippen LogP contribution in [0.3, 0.4) is 0 Å². The van der Waals surface area contributed by atoms with E-state index in [0.717, 1.165) is 10.9 Å². The lowest BCUT2D eigenvalue weighted by molar-refractivity contribution is 0.0985. The summed E-state index contributed by atoms with van der Waals surface area (Å²) in [6.45, 7) is 0. The molecule has 0 aliphatic rings. The van der Waals surface area contributed by atoms with Gasteiger partial charge >= 0.3 is 0 Å². The molecule has 1 aromatic carbocycles. The van der Waals surface area contributed by atoms with E-state index >= 15 is 0 Å². The SMILES string of the molecule is N[C@H]([C]=O)C(=O)c1c[nH]c2ccccc12. The summed E-state index contributed by atoms with van der Waals surface area (Å²) in [5, 5.41) is 0.771. The fourth-order valence-corrected chi connectivity index (χ4v) is 1.50. The van der Waals surface area contributed by atoms with E-state index in [1.165, 1.54) is 6.29 Å². The first-order valence-corrected chi connectivity index (χ1v) is 4.47. The maximum atomic E-state index is 11.6. The monoisotopic (exact) mass is 201 g/mol. The van der Waals surface area contributed by atoms with Crippen molar-refractivity contribution in [3.8, 4) is 0 Å². The first kappa shape index (κ1) is 9.61. The Morgan fingerprint density at radius 3 is 2.87 bits per heavy atom. The summed E-state index contributed by atoms with van der Waals surface area (Å²) in [6, 6.07) is 6.13. The number of H-pyrrole nitrogens is 1. The fraction of sp³-hybridized carbons (Fsp3) is 0.0909. The standard InChI is InChI=1S/C11H9N2O2/c12-9(6-14)11(15)8-5-13-10-4-2-1-3-7(8)10/h1-5,9,13H,12H2/t9-/m1/s1. The van der Waals surface area contributed by atoms with Crippen molar-refractivity contribution in [1.29, 1.82) is 0 Å². The van der Waals surface area contributed by atoms with Crippen molar-refractivity contribution < 1.29 is 9.59 Å². The lowest BCUT2D eigenvalue weighted by Gasteiger charge is -1.99. The van der Waals surface area contributed by atoms with Crippen LogP contribution < -0.4 is 5.73 Å². The second-order valence-electron chi connectivity index (χ2n) is 3.21. The number of aromatic amines is 1. The highest BCUT2D eigenvalue weighted by molar-refractivity contribution is 6.15. The van der Waals surface area contributed by atoms with Crippen molar-refractivity contribution in [1.82, 2.24) is 4.98 Å². The topological polar surface area (TPSA) is 76.0 Å². The molecule has 15 heavy (non-hydrogen) atoms. The quantitative estimate of drug-likeness (QED) is 0.569. The molecule has 1 aromatic heterocycles. The van der Waals surface area contributed by atoms with Crippen molar-refractivity contribution in [3.63, 3.8) is 0 Å². The number of carbonyl (C=O) groups is 1. The van der Waals surface area contributed by atoms with E-state index in [0.29, 0.717) is 5.56 Å². The largest absolute Gasteiger partial charge is 0.360 e. The van der Waals surface area contributed by atoms with E-state index in [1.54, 1.807) is 12.3 Å². The first-order chi connectivity index (χ1) is 7.24. The van der Waals surface area contributed by atoms with Gasteiger partial charge in [-0.15, -0.1) is 0 Å². The van der Waals surface area contributed by atoms with Gasteiger partial charge in [-0.2, -0.15) is 0 Å². The number of ketones is 1. The van der Waals surface area contributed by atoms with Gasteiger partial charge in [-0.1, -0.05) is 18.2 Å². The lowest BCUT2D eigenvalue weighted by Crippen LogP contribution is -2.31. The van der Waals surface area contributed by atoms with Gasteiger partial charge in [0.15, 0.2) is 5.78 Å². The van der Waals surface area contributed by atoms with Crippen LogP contribution in [0, 0.1) is 0 Å². The van der Waals surface area contributed by atoms with Crippen LogP contribution in [0.5, 0.6) is 0 Å². The number of nitrogens with one attached hydrogen (secondary N) is 1. The number of Topliss-reactive ketones (excluding diaryl/α,β-unsaturated/α-hetero) is 1. The van der Waals surface area contributed by atoms with Gasteiger partial charge in [0.25, 0.3) is 0 Å². The van der Waals surface area contributed by atoms with Gasteiger partial charge in [0.2, 0.25) is 6.29 Å². The van der Waals surface area contributed by atoms with Crippen molar-refractivity contribution in [2.75, 3.05) is 0 Å². The summed E-state index contributed by atoms with van der Waals surface area (Å²) in [6.07, 6.45) is 3.04. The van der Waals surface area contributed by atoms with Gasteiger partial charge < -0.3 is 10.7 Å². The van der Waals surface area contributed by atoms with Crippen LogP contribution in [0.2, 0.25) is 0 Å². The van der Waals surface area contributed by atoms with Crippen LogP contribution in [0.4, 0.5) is 0 Å². The number of aromatic nitrogens is 1. The molecule has 2 aromatic rings. The molecule has 0 aliphatic carbocycles. The van der Waals surface area contributed by atoms with Crippen molar-refractivity contribution >= 4 is 23.0 Å². The normalized spacial score (nSPS) is 12.6. The summed E-state index contributed by atoms with van der Waals surface area (Å²) >= 11 is 0. The Morgan fingerprint density at radius 2 is 2.13 bits per heavy atom. The molecule has 0 bridgehead atoms. The summed E-state index contributed by atoms with van der Waals surface area (Å²) in [4.78, 5) is 24.9. The zero-order chi connectivity index (χ0) is 10.8. The summed E-state index contributed by atoms with van der Waals surface area (Å²) in [5.41, 5.74) is 6.59. The number of benzene rings is 1. The molecule has 4 nitrogen and oxygen atoms in total. The predicted molar refractivity (Wildman–Crippen MR) is 56.3 cm³/mol. The summed E-state index contributed by atoms with van der Waals surface area (Å²) < 4.78 is 0. The van der Waals surface area contributed by atoms with Crippen LogP contribution in [0.15, 0.2) is 30.5 Å². The average molecular weight is 201 g/mol. The van der Waals surface area contributed by atoms with E-state index in [-0.39, 0.29) is 0 Å². The predicted octanol–water partition coefficient (Wildman–Crippen LogP) is 0.788. The molecule has 2 rings (SSSR count). The van der Waals surface area contributed by atoms with E-state index in [2.05, 4.69) is 4.98 Å². The third kappa shape index (κ3) is 1.55. The van der Waals surface area contributed by atoms with Crippen LogP contribution in [0.1, 0.15) is 10.4 Å². The molecule has 1 atom stereocenters. The zero-order valence-electron chi connectivity index (χ0n) is 7.86. The molecule has 0 amide bonds. The van der Waals surface area contributed by atoms with Gasteiger partial charge in [-0.25, -0.2) is 0 Å². The zero-order valence-corrected chi connectivity index (χ0v) is 7.86. The number of hydrogen-bond acceptors (Lipinski definition) is 3. The molecule has 4 heteroatoms. The number of carbonyl (C=O) groups excluding carboxylic acids is 2. The maximum Gasteiger partial charge on any atom is 0.225 e. The molecule has 3 N–H and O–H groups in total. The molecule has 0 saturated carbocycles. The summed E-state index contributed by atoms with van der Waals surface area (Å²) in [5.74, 6) is -0.414. The molecule has 0 saturated heterocycles. The number of nitrogens with two attached hydrogens (primary N) is 1. The van der Waals surface area contributed by atoms with E-state index in [9.17, 15) is 9.59 Å². The van der Waals surface area contributed by atoms with Gasteiger partial charge in [-0.05, 0) is 6.07 Å². The Balaban J connectivity index is 2.53. The minimum Gasteiger partial charge on any atom is -0.360 e. The minimum absolute atomic E-state index is 0.414. The second-order valence-corrected chi connectivity index (χ2v) is 3.21. The van der Waals surface area contributed by atoms with Gasteiger partial charge in [0, 0.05) is 22.7 Å². The van der Waals surface area contributed by atoms with Crippen molar-refractivity contribution in [3.05, 3.63) is 36.0 Å². The Hall–Kier alpha value is -1.94. The third-order valence-corrected chi connectivity index (χ3v) is 2.26. The molecule has 0 fully saturated rings. The minimum atomic E-state index is -1.20. The maximum absolute atomic E-state index is 11.6. The number of fused-ring (bicyclic) bond motifs is 1. The van der Waals surface area contributed by atoms with Crippen molar-refractivity contribution in [2.45, 2.75) is 6.04 Å². The van der Waals surface area contributed by atoms with Gasteiger partial charge in [-0.3, -0.25) is 9.59 Å². The Morgan fingerprint density at radius 1 is 1.40 bits per heavy atom. The van der Waals surface area contributed by atoms with Crippen LogP contribution in [0.25, 0.3) is 10.9 Å². The molecule has 1 radical (unpaired) electrons. The van der Waals surface area contributed by atoms with Gasteiger partial charge in [0.05, 0.1) is 0 Å². The highest BCUT2D eigenvalue weighted by atomic mass is 16.1. The third-order valence-electron chi connectivity index (χ3n) is 2.26. The fourth-order valence-electron chi connectivity index (χ4n) is 1.50. The molecular weight excluding hydrogens is 192 g/mol. The molecule has 0 spiro atoms. The Labute approximate surface area is 86.1 Å². The smallest absolute Gasteiger partial charge is 0.225 e. The second kappa shape index (κ2) is 3.67. The van der Waals surface area contributed by atoms with Crippen molar-refractivity contribution in [2.24, 2.45) is 5.73 Å². The Bertz CT molecular complexity index is 516. The van der Waals surface area contributed by atoms with Crippen LogP contribution >= 0.6 is 0 Å². The molecular formula is C11H9N2O2. The number of rotatable bonds is 3. The highest BCUT2D eigenvalue weighted by Gasteiger charge is 2.18. The highest BCUT2D eigenvalue weighted by Crippen LogP contribution is 2.18. The van der Waals surface area contributed by atoms with E-state index < -0.39 is 11.8 Å². The number of hydrogen-bond donors (Lipinski definition) is 2. The Kier molecular flexibility index (Phi) is 2.35. The molecule has 0 unspecified atom stereocenters. The molecule has 1 heterocycles. The van der Waals surface area contributed by atoms with Crippen LogP contribution in [-0.2, 0) is 4.79 Å². The summed E-state index contributed by atoms with van der Waals surface area (Å²) in [7, 11) is 0. The van der Waals surface area contributed by atoms with E-state index in [4.69, 9.17) is 5.73 Å². The van der Waals surface area contributed by atoms with Crippen LogP contribution in [-0.4, -0.2) is 23.1 Å². The van der Waals surface area contributed by atoms with E-state index in [1.807, 2.05) is 18.2 Å². The lowest BCUT2D eigenvalue weighted by atomic mass is 10.1. The molecule has 75 valence electrons. The molecule has 0 aliphatic heterocycles. The van der Waals surface area contributed by atoms with Gasteiger partial charge in [0.1, 0.15) is 6.04 Å².